The van der Waals surface area contributed by atoms with E-state index in [4.69, 9.17) is 9.52 Å². The molecule has 0 saturated carbocycles. The molecule has 1 aliphatic heterocycles. The number of anilines is 1. The second-order valence-electron chi connectivity index (χ2n) is 5.07. The molecule has 0 bridgehead atoms. The number of carboxylic acid groups (broad SMARTS) is 1. The lowest BCUT2D eigenvalue weighted by Gasteiger charge is -2.17. The highest BCUT2D eigenvalue weighted by Gasteiger charge is 2.22. The summed E-state index contributed by atoms with van der Waals surface area (Å²) in [6, 6.07) is 5.28. The first-order valence-corrected chi connectivity index (χ1v) is 6.58. The minimum absolute atomic E-state index is 0.315. The van der Waals surface area contributed by atoms with Crippen LogP contribution in [0.25, 0.3) is 0 Å². The molecular weight excluding hydrogens is 256 g/mol. The number of aromatic nitrogens is 1. The molecule has 0 radical (unpaired) electrons. The van der Waals surface area contributed by atoms with Gasteiger partial charge < -0.3 is 14.4 Å². The van der Waals surface area contributed by atoms with Crippen LogP contribution < -0.4 is 4.90 Å². The molecule has 0 spiro atoms. The fraction of sp³-hybridized carbons (Fsp3) is 0.333. The summed E-state index contributed by atoms with van der Waals surface area (Å²) in [5.74, 6) is 0.606. The van der Waals surface area contributed by atoms with Gasteiger partial charge in [0.05, 0.1) is 17.8 Å². The molecule has 0 amide bonds. The van der Waals surface area contributed by atoms with E-state index in [1.54, 1.807) is 12.1 Å². The Bertz CT molecular complexity index is 656. The van der Waals surface area contributed by atoms with Crippen LogP contribution in [0.15, 0.2) is 22.6 Å². The smallest absolute Gasteiger partial charge is 0.335 e. The molecule has 0 aliphatic carbocycles. The number of benzene rings is 1. The SMILES string of the molecule is Cc1nc(CN2CCc3ccc(C(=O)O)cc32)oc1C. The zero-order valence-electron chi connectivity index (χ0n) is 11.5. The third-order valence-electron chi connectivity index (χ3n) is 3.72. The topological polar surface area (TPSA) is 66.6 Å². The van der Waals surface area contributed by atoms with E-state index in [0.717, 1.165) is 30.1 Å². The molecule has 1 aromatic carbocycles. The van der Waals surface area contributed by atoms with Crippen LogP contribution in [0, 0.1) is 13.8 Å². The Kier molecular flexibility index (Phi) is 2.97. The van der Waals surface area contributed by atoms with Gasteiger partial charge >= 0.3 is 5.97 Å². The molecule has 0 saturated heterocycles. The fourth-order valence-electron chi connectivity index (χ4n) is 2.51. The Hall–Kier alpha value is -2.30. The lowest BCUT2D eigenvalue weighted by molar-refractivity contribution is 0.0697. The number of oxazole rings is 1. The van der Waals surface area contributed by atoms with E-state index in [1.807, 2.05) is 19.9 Å². The Morgan fingerprint density at radius 3 is 2.90 bits per heavy atom. The van der Waals surface area contributed by atoms with Crippen LogP contribution in [0.4, 0.5) is 5.69 Å². The summed E-state index contributed by atoms with van der Waals surface area (Å²) < 4.78 is 5.60. The first-order valence-electron chi connectivity index (χ1n) is 6.58. The molecule has 0 fully saturated rings. The number of carbonyl (C=O) groups is 1. The van der Waals surface area contributed by atoms with Crippen molar-refractivity contribution >= 4 is 11.7 Å². The monoisotopic (exact) mass is 272 g/mol. The van der Waals surface area contributed by atoms with Crippen LogP contribution in [0.2, 0.25) is 0 Å². The molecule has 2 aromatic rings. The van der Waals surface area contributed by atoms with Crippen LogP contribution >= 0.6 is 0 Å². The number of rotatable bonds is 3. The van der Waals surface area contributed by atoms with Gasteiger partial charge in [-0.1, -0.05) is 6.07 Å². The second-order valence-corrected chi connectivity index (χ2v) is 5.07. The van der Waals surface area contributed by atoms with Gasteiger partial charge in [0.25, 0.3) is 0 Å². The quantitative estimate of drug-likeness (QED) is 0.930. The van der Waals surface area contributed by atoms with E-state index in [-0.39, 0.29) is 0 Å². The molecule has 0 unspecified atom stereocenters. The average molecular weight is 272 g/mol. The molecule has 5 heteroatoms. The maximum absolute atomic E-state index is 11.1. The minimum atomic E-state index is -0.900. The summed E-state index contributed by atoms with van der Waals surface area (Å²) in [5.41, 5.74) is 3.36. The number of fused-ring (bicyclic) bond motifs is 1. The Balaban J connectivity index is 1.88. The van der Waals surface area contributed by atoms with E-state index in [9.17, 15) is 4.79 Å². The average Bonchev–Trinajstić information content (AvgIpc) is 2.94. The normalized spacial score (nSPS) is 13.6. The van der Waals surface area contributed by atoms with Gasteiger partial charge in [0.1, 0.15) is 5.76 Å². The van der Waals surface area contributed by atoms with Crippen molar-refractivity contribution in [1.29, 1.82) is 0 Å². The van der Waals surface area contributed by atoms with E-state index < -0.39 is 5.97 Å². The van der Waals surface area contributed by atoms with E-state index in [2.05, 4.69) is 9.88 Å². The molecule has 1 N–H and O–H groups in total. The summed E-state index contributed by atoms with van der Waals surface area (Å²) in [6.07, 6.45) is 0.925. The van der Waals surface area contributed by atoms with Crippen molar-refractivity contribution in [2.45, 2.75) is 26.8 Å². The van der Waals surface area contributed by atoms with Crippen molar-refractivity contribution in [3.05, 3.63) is 46.7 Å². The van der Waals surface area contributed by atoms with Gasteiger partial charge in [0, 0.05) is 12.2 Å². The van der Waals surface area contributed by atoms with Crippen LogP contribution in [-0.2, 0) is 13.0 Å². The van der Waals surface area contributed by atoms with Crippen molar-refractivity contribution in [2.75, 3.05) is 11.4 Å². The molecule has 5 nitrogen and oxygen atoms in total. The van der Waals surface area contributed by atoms with Gasteiger partial charge in [-0.3, -0.25) is 0 Å². The largest absolute Gasteiger partial charge is 0.478 e. The highest BCUT2D eigenvalue weighted by molar-refractivity contribution is 5.89. The Labute approximate surface area is 116 Å². The van der Waals surface area contributed by atoms with Gasteiger partial charge in [-0.2, -0.15) is 0 Å². The fourth-order valence-corrected chi connectivity index (χ4v) is 2.51. The first-order chi connectivity index (χ1) is 9.54. The van der Waals surface area contributed by atoms with Crippen molar-refractivity contribution in [3.8, 4) is 0 Å². The molecule has 2 heterocycles. The van der Waals surface area contributed by atoms with Crippen LogP contribution in [0.1, 0.15) is 33.3 Å². The highest BCUT2D eigenvalue weighted by atomic mass is 16.4. The maximum Gasteiger partial charge on any atom is 0.335 e. The number of nitrogens with zero attached hydrogens (tertiary/aromatic N) is 2. The molecule has 1 aliphatic rings. The molecule has 0 atom stereocenters. The minimum Gasteiger partial charge on any atom is -0.478 e. The van der Waals surface area contributed by atoms with Crippen molar-refractivity contribution in [2.24, 2.45) is 0 Å². The van der Waals surface area contributed by atoms with Crippen LogP contribution in [0.3, 0.4) is 0 Å². The zero-order valence-corrected chi connectivity index (χ0v) is 11.5. The third kappa shape index (κ3) is 2.15. The number of hydrogen-bond donors (Lipinski definition) is 1. The van der Waals surface area contributed by atoms with Crippen molar-refractivity contribution < 1.29 is 14.3 Å². The van der Waals surface area contributed by atoms with E-state index in [1.165, 1.54) is 5.56 Å². The predicted molar refractivity (Wildman–Crippen MR) is 74.1 cm³/mol. The van der Waals surface area contributed by atoms with Gasteiger partial charge in [0.2, 0.25) is 5.89 Å². The summed E-state index contributed by atoms with van der Waals surface area (Å²) in [6.45, 7) is 5.25. The Morgan fingerprint density at radius 1 is 1.45 bits per heavy atom. The molecule has 1 aromatic heterocycles. The van der Waals surface area contributed by atoms with Gasteiger partial charge in [-0.15, -0.1) is 0 Å². The van der Waals surface area contributed by atoms with E-state index in [0.29, 0.717) is 18.0 Å². The molecule has 104 valence electrons. The molecule has 20 heavy (non-hydrogen) atoms. The highest BCUT2D eigenvalue weighted by Crippen LogP contribution is 2.30. The summed E-state index contributed by atoms with van der Waals surface area (Å²) >= 11 is 0. The third-order valence-corrected chi connectivity index (χ3v) is 3.72. The van der Waals surface area contributed by atoms with Gasteiger partial charge in [-0.05, 0) is 38.0 Å². The first kappa shape index (κ1) is 12.7. The summed E-state index contributed by atoms with van der Waals surface area (Å²) in [4.78, 5) is 17.6. The summed E-state index contributed by atoms with van der Waals surface area (Å²) in [7, 11) is 0. The Morgan fingerprint density at radius 2 is 2.25 bits per heavy atom. The predicted octanol–water partition coefficient (Wildman–Crippen LogP) is 2.55. The van der Waals surface area contributed by atoms with Crippen molar-refractivity contribution in [3.63, 3.8) is 0 Å². The van der Waals surface area contributed by atoms with Crippen LogP contribution in [-0.4, -0.2) is 22.6 Å². The number of aryl methyl sites for hydroxylation is 2. The molecule has 3 rings (SSSR count). The van der Waals surface area contributed by atoms with Crippen LogP contribution in [0.5, 0.6) is 0 Å². The maximum atomic E-state index is 11.1. The number of hydrogen-bond acceptors (Lipinski definition) is 4. The van der Waals surface area contributed by atoms with Gasteiger partial charge in [0.15, 0.2) is 0 Å². The van der Waals surface area contributed by atoms with E-state index >= 15 is 0 Å². The summed E-state index contributed by atoms with van der Waals surface area (Å²) in [5, 5.41) is 9.08. The van der Waals surface area contributed by atoms with Gasteiger partial charge in [-0.25, -0.2) is 9.78 Å². The number of carboxylic acids is 1. The standard InChI is InChI=1S/C15H16N2O3/c1-9-10(2)20-14(16-9)8-17-6-5-11-3-4-12(15(18)19)7-13(11)17/h3-4,7H,5-6,8H2,1-2H3,(H,18,19). The molecular formula is C15H16N2O3. The zero-order chi connectivity index (χ0) is 14.3. The number of aromatic carboxylic acids is 1. The second kappa shape index (κ2) is 4.67. The lowest BCUT2D eigenvalue weighted by Crippen LogP contribution is -2.20. The lowest BCUT2D eigenvalue weighted by atomic mass is 10.1. The van der Waals surface area contributed by atoms with Crippen molar-refractivity contribution in [1.82, 2.24) is 4.98 Å².